The number of ether oxygens (including phenoxy) is 2. The molecular formula is C27H29FN6O4. The molecule has 0 spiro atoms. The van der Waals surface area contributed by atoms with E-state index < -0.39 is 6.67 Å². The van der Waals surface area contributed by atoms with Gasteiger partial charge in [-0.25, -0.2) is 9.07 Å². The zero-order valence-electron chi connectivity index (χ0n) is 21.0. The lowest BCUT2D eigenvalue weighted by Crippen LogP contribution is -2.23. The molecule has 198 valence electrons. The van der Waals surface area contributed by atoms with Crippen LogP contribution in [0.3, 0.4) is 0 Å². The van der Waals surface area contributed by atoms with Gasteiger partial charge in [0.15, 0.2) is 5.69 Å². The highest BCUT2D eigenvalue weighted by Gasteiger charge is 2.16. The van der Waals surface area contributed by atoms with E-state index in [0.717, 1.165) is 11.3 Å². The van der Waals surface area contributed by atoms with Crippen LogP contribution in [0.25, 0.3) is 11.4 Å². The van der Waals surface area contributed by atoms with E-state index in [1.54, 1.807) is 18.2 Å². The van der Waals surface area contributed by atoms with Crippen molar-refractivity contribution >= 4 is 11.8 Å². The van der Waals surface area contributed by atoms with Crippen LogP contribution in [0.1, 0.15) is 33.3 Å². The largest absolute Gasteiger partial charge is 0.489 e. The number of hydrogen-bond donors (Lipinski definition) is 2. The molecule has 10 nitrogen and oxygen atoms in total. The third kappa shape index (κ3) is 6.83. The van der Waals surface area contributed by atoms with Crippen molar-refractivity contribution < 1.29 is 23.5 Å². The van der Waals surface area contributed by atoms with Crippen molar-refractivity contribution in [3.63, 3.8) is 0 Å². The second kappa shape index (κ2) is 13.2. The van der Waals surface area contributed by atoms with Gasteiger partial charge in [-0.3, -0.25) is 9.59 Å². The van der Waals surface area contributed by atoms with Crippen LogP contribution in [0.5, 0.6) is 5.75 Å². The van der Waals surface area contributed by atoms with E-state index in [9.17, 15) is 14.0 Å². The molecule has 2 N–H and O–H groups in total. The van der Waals surface area contributed by atoms with E-state index in [4.69, 9.17) is 9.47 Å². The number of nitrogens with zero attached hydrogens (tertiary/aromatic N) is 4. The summed E-state index contributed by atoms with van der Waals surface area (Å²) >= 11 is 0. The van der Waals surface area contributed by atoms with Gasteiger partial charge in [0.1, 0.15) is 24.7 Å². The Morgan fingerprint density at radius 1 is 0.974 bits per heavy atom. The molecule has 4 rings (SSSR count). The monoisotopic (exact) mass is 520 g/mol. The summed E-state index contributed by atoms with van der Waals surface area (Å²) < 4.78 is 26.6. The molecule has 0 saturated carbocycles. The summed E-state index contributed by atoms with van der Waals surface area (Å²) in [6.07, 6.45) is 5.39. The standard InChI is InChI=1S/C27H29FN6O4/c1-2-29-26(35)21-8-9-24(25(17-21)38-15-14-37-13-10-28)34-19-23(31-32-34)27(36)30-18-20-6-5-7-22(16-20)33-11-3-4-12-33/h3-9,11-12,16-17,19H,2,10,13-15,18H2,1H3,(H,29,35)(H,30,36). The van der Waals surface area contributed by atoms with Crippen LogP contribution in [0.4, 0.5) is 4.39 Å². The first-order valence-corrected chi connectivity index (χ1v) is 12.2. The molecule has 11 heteroatoms. The summed E-state index contributed by atoms with van der Waals surface area (Å²) in [5.41, 5.74) is 2.93. The van der Waals surface area contributed by atoms with Crippen LogP contribution >= 0.6 is 0 Å². The molecule has 0 atom stereocenters. The summed E-state index contributed by atoms with van der Waals surface area (Å²) in [5.74, 6) is -0.294. The lowest BCUT2D eigenvalue weighted by Gasteiger charge is -2.13. The average Bonchev–Trinajstić information content (AvgIpc) is 3.65. The van der Waals surface area contributed by atoms with Crippen molar-refractivity contribution in [1.29, 1.82) is 0 Å². The Morgan fingerprint density at radius 2 is 1.82 bits per heavy atom. The highest BCUT2D eigenvalue weighted by molar-refractivity contribution is 5.95. The average molecular weight is 521 g/mol. The van der Waals surface area contributed by atoms with E-state index in [1.807, 2.05) is 60.3 Å². The van der Waals surface area contributed by atoms with Gasteiger partial charge in [-0.05, 0) is 55.0 Å². The van der Waals surface area contributed by atoms with Crippen molar-refractivity contribution in [3.8, 4) is 17.1 Å². The molecule has 0 aliphatic heterocycles. The maximum absolute atomic E-state index is 12.8. The molecule has 2 amide bonds. The van der Waals surface area contributed by atoms with Crippen LogP contribution in [0.2, 0.25) is 0 Å². The number of benzene rings is 2. The first kappa shape index (κ1) is 26.6. The molecule has 0 bridgehead atoms. The Balaban J connectivity index is 1.46. The van der Waals surface area contributed by atoms with Crippen LogP contribution in [-0.2, 0) is 11.3 Å². The minimum atomic E-state index is -0.583. The Labute approximate surface area is 219 Å². The van der Waals surface area contributed by atoms with E-state index in [1.165, 1.54) is 10.9 Å². The number of aromatic nitrogens is 4. The highest BCUT2D eigenvalue weighted by atomic mass is 19.1. The number of nitrogens with one attached hydrogen (secondary N) is 2. The number of carbonyl (C=O) groups excluding carboxylic acids is 2. The van der Waals surface area contributed by atoms with Gasteiger partial charge in [-0.15, -0.1) is 5.10 Å². The quantitative estimate of drug-likeness (QED) is 0.262. The summed E-state index contributed by atoms with van der Waals surface area (Å²) in [6.45, 7) is 2.32. The fraction of sp³-hybridized carbons (Fsp3) is 0.259. The molecule has 0 aliphatic carbocycles. The zero-order chi connectivity index (χ0) is 26.7. The fourth-order valence-electron chi connectivity index (χ4n) is 3.68. The van der Waals surface area contributed by atoms with E-state index in [0.29, 0.717) is 30.1 Å². The predicted molar refractivity (Wildman–Crippen MR) is 139 cm³/mol. The second-order valence-electron chi connectivity index (χ2n) is 8.18. The van der Waals surface area contributed by atoms with Crippen molar-refractivity contribution in [2.45, 2.75) is 13.5 Å². The maximum Gasteiger partial charge on any atom is 0.273 e. The van der Waals surface area contributed by atoms with Crippen LogP contribution in [-0.4, -0.2) is 64.4 Å². The molecule has 2 heterocycles. The lowest BCUT2D eigenvalue weighted by atomic mass is 10.1. The van der Waals surface area contributed by atoms with Gasteiger partial charge < -0.3 is 24.7 Å². The van der Waals surface area contributed by atoms with E-state index in [2.05, 4.69) is 20.9 Å². The molecule has 0 fully saturated rings. The first-order chi connectivity index (χ1) is 18.6. The molecule has 2 aromatic carbocycles. The summed E-state index contributed by atoms with van der Waals surface area (Å²) in [7, 11) is 0. The molecule has 2 aromatic heterocycles. The van der Waals surface area contributed by atoms with Crippen LogP contribution < -0.4 is 15.4 Å². The number of carbonyl (C=O) groups is 2. The second-order valence-corrected chi connectivity index (χ2v) is 8.18. The van der Waals surface area contributed by atoms with Crippen molar-refractivity contribution in [2.24, 2.45) is 0 Å². The Bertz CT molecular complexity index is 1360. The summed E-state index contributed by atoms with van der Waals surface area (Å²) in [5, 5.41) is 13.7. The topological polar surface area (TPSA) is 112 Å². The minimum absolute atomic E-state index is 0.0205. The van der Waals surface area contributed by atoms with Gasteiger partial charge in [0.2, 0.25) is 0 Å². The van der Waals surface area contributed by atoms with Crippen molar-refractivity contribution in [3.05, 3.63) is 90.0 Å². The predicted octanol–water partition coefficient (Wildman–Crippen LogP) is 3.10. The molecule has 4 aromatic rings. The van der Waals surface area contributed by atoms with Crippen molar-refractivity contribution in [2.75, 3.05) is 33.0 Å². The normalized spacial score (nSPS) is 10.8. The minimum Gasteiger partial charge on any atom is -0.489 e. The summed E-state index contributed by atoms with van der Waals surface area (Å²) in [6, 6.07) is 16.6. The SMILES string of the molecule is CCNC(=O)c1ccc(-n2cc(C(=O)NCc3cccc(-n4cccc4)c3)nn2)c(OCCOCCF)c1. The highest BCUT2D eigenvalue weighted by Crippen LogP contribution is 2.24. The number of amides is 2. The molecule has 38 heavy (non-hydrogen) atoms. The van der Waals surface area contributed by atoms with E-state index in [-0.39, 0.29) is 37.3 Å². The molecule has 0 unspecified atom stereocenters. The van der Waals surface area contributed by atoms with Gasteiger partial charge in [-0.1, -0.05) is 17.3 Å². The van der Waals surface area contributed by atoms with Crippen molar-refractivity contribution in [1.82, 2.24) is 30.2 Å². The zero-order valence-corrected chi connectivity index (χ0v) is 21.0. The summed E-state index contributed by atoms with van der Waals surface area (Å²) in [4.78, 5) is 25.1. The van der Waals surface area contributed by atoms with Gasteiger partial charge in [0.25, 0.3) is 11.8 Å². The first-order valence-electron chi connectivity index (χ1n) is 12.2. The fourth-order valence-corrected chi connectivity index (χ4v) is 3.68. The number of rotatable bonds is 13. The number of hydrogen-bond acceptors (Lipinski definition) is 6. The Morgan fingerprint density at radius 3 is 2.61 bits per heavy atom. The van der Waals surface area contributed by atoms with Gasteiger partial charge in [-0.2, -0.15) is 0 Å². The Hall–Kier alpha value is -4.51. The lowest BCUT2D eigenvalue weighted by molar-refractivity contribution is 0.0894. The molecule has 0 aliphatic rings. The maximum atomic E-state index is 12.8. The van der Waals surface area contributed by atoms with Gasteiger partial charge >= 0.3 is 0 Å². The Kier molecular flexibility index (Phi) is 9.19. The number of halogens is 1. The molecule has 0 radical (unpaired) electrons. The third-order valence-corrected chi connectivity index (χ3v) is 5.51. The van der Waals surface area contributed by atoms with Crippen LogP contribution in [0.15, 0.2) is 73.2 Å². The smallest absolute Gasteiger partial charge is 0.273 e. The van der Waals surface area contributed by atoms with Crippen LogP contribution in [0, 0.1) is 0 Å². The third-order valence-electron chi connectivity index (χ3n) is 5.51. The number of alkyl halides is 1. The van der Waals surface area contributed by atoms with Gasteiger partial charge in [0, 0.05) is 36.7 Å². The van der Waals surface area contributed by atoms with E-state index >= 15 is 0 Å². The molecular weight excluding hydrogens is 491 g/mol. The molecule has 0 saturated heterocycles. The van der Waals surface area contributed by atoms with Gasteiger partial charge in [0.05, 0.1) is 19.4 Å².